The van der Waals surface area contributed by atoms with Crippen molar-refractivity contribution in [2.24, 2.45) is 52.3 Å². The van der Waals surface area contributed by atoms with Crippen molar-refractivity contribution in [2.75, 3.05) is 0 Å². The summed E-state index contributed by atoms with van der Waals surface area (Å²) in [6.45, 7) is 12.5. The molecule has 0 aromatic rings. The van der Waals surface area contributed by atoms with Gasteiger partial charge in [0, 0.05) is 0 Å². The van der Waals surface area contributed by atoms with Crippen molar-refractivity contribution in [1.82, 2.24) is 0 Å². The van der Waals surface area contributed by atoms with E-state index in [0.29, 0.717) is 22.7 Å². The third kappa shape index (κ3) is 3.74. The summed E-state index contributed by atoms with van der Waals surface area (Å²) in [7, 11) is 0. The molecule has 0 aliphatic heterocycles. The van der Waals surface area contributed by atoms with E-state index in [9.17, 15) is 5.11 Å². The molecule has 4 rings (SSSR count). The van der Waals surface area contributed by atoms with Gasteiger partial charge in [-0.25, -0.2) is 0 Å². The van der Waals surface area contributed by atoms with Gasteiger partial charge >= 0.3 is 0 Å². The van der Waals surface area contributed by atoms with E-state index in [4.69, 9.17) is 0 Å². The van der Waals surface area contributed by atoms with Crippen molar-refractivity contribution < 1.29 is 5.11 Å². The van der Waals surface area contributed by atoms with E-state index >= 15 is 0 Å². The fraction of sp³-hybridized carbons (Fsp3) is 1.00. The molecule has 0 radical (unpaired) electrons. The van der Waals surface area contributed by atoms with Crippen LogP contribution in [0.3, 0.4) is 0 Å². The van der Waals surface area contributed by atoms with Gasteiger partial charge in [0.15, 0.2) is 0 Å². The topological polar surface area (TPSA) is 20.2 Å². The fourth-order valence-electron chi connectivity index (χ4n) is 9.55. The van der Waals surface area contributed by atoms with Crippen molar-refractivity contribution in [3.63, 3.8) is 0 Å². The summed E-state index contributed by atoms with van der Waals surface area (Å²) in [4.78, 5) is 0. The molecule has 2 unspecified atom stereocenters. The molecule has 0 bridgehead atoms. The highest BCUT2D eigenvalue weighted by atomic mass is 16.3. The first-order valence-electron chi connectivity index (χ1n) is 13.5. The molecule has 4 fully saturated rings. The highest BCUT2D eigenvalue weighted by Crippen LogP contribution is 2.68. The predicted molar refractivity (Wildman–Crippen MR) is 124 cm³/mol. The van der Waals surface area contributed by atoms with E-state index in [2.05, 4.69) is 34.6 Å². The zero-order chi connectivity index (χ0) is 20.8. The van der Waals surface area contributed by atoms with Crippen molar-refractivity contribution >= 4 is 0 Å². The lowest BCUT2D eigenvalue weighted by Gasteiger charge is -2.60. The summed E-state index contributed by atoms with van der Waals surface area (Å²) in [6.07, 6.45) is 18.1. The van der Waals surface area contributed by atoms with Crippen molar-refractivity contribution in [3.05, 3.63) is 0 Å². The summed E-state index contributed by atoms with van der Waals surface area (Å²) >= 11 is 0. The highest BCUT2D eigenvalue weighted by molar-refractivity contribution is 5.11. The largest absolute Gasteiger partial charge is 0.393 e. The predicted octanol–water partition coefficient (Wildman–Crippen LogP) is 7.86. The molecule has 1 N–H and O–H groups in total. The third-order valence-corrected chi connectivity index (χ3v) is 11.4. The van der Waals surface area contributed by atoms with Gasteiger partial charge < -0.3 is 5.11 Å². The summed E-state index contributed by atoms with van der Waals surface area (Å²) in [5.41, 5.74) is 1.02. The summed E-state index contributed by atoms with van der Waals surface area (Å²) < 4.78 is 0. The van der Waals surface area contributed by atoms with Crippen LogP contribution in [0.5, 0.6) is 0 Å². The normalized spacial score (nSPS) is 49.0. The second-order valence-electron chi connectivity index (χ2n) is 12.7. The zero-order valence-corrected chi connectivity index (χ0v) is 20.3. The number of fused-ring (bicyclic) bond motifs is 5. The highest BCUT2D eigenvalue weighted by Gasteiger charge is 2.62. The van der Waals surface area contributed by atoms with Crippen LogP contribution in [-0.2, 0) is 0 Å². The minimum absolute atomic E-state index is 0.0424. The Bertz CT molecular complexity index is 557. The molecule has 1 nitrogen and oxygen atoms in total. The summed E-state index contributed by atoms with van der Waals surface area (Å²) in [5, 5.41) is 11.3. The average Bonchev–Trinajstić information content (AvgIpc) is 2.97. The van der Waals surface area contributed by atoms with Crippen LogP contribution in [-0.4, -0.2) is 11.2 Å². The number of aliphatic hydroxyl groups excluding tert-OH is 1. The number of rotatable bonds is 6. The molecule has 4 aliphatic rings. The second kappa shape index (κ2) is 8.48. The van der Waals surface area contributed by atoms with Crippen LogP contribution >= 0.6 is 0 Å². The van der Waals surface area contributed by atoms with Crippen LogP contribution in [0.4, 0.5) is 0 Å². The quantitative estimate of drug-likeness (QED) is 0.479. The fourth-order valence-corrected chi connectivity index (χ4v) is 9.55. The van der Waals surface area contributed by atoms with E-state index in [0.717, 1.165) is 36.0 Å². The lowest BCUT2D eigenvalue weighted by molar-refractivity contribution is -0.115. The Kier molecular flexibility index (Phi) is 6.48. The van der Waals surface area contributed by atoms with Crippen molar-refractivity contribution in [1.29, 1.82) is 0 Å². The molecule has 0 aromatic heterocycles. The van der Waals surface area contributed by atoms with E-state index in [1.165, 1.54) is 77.0 Å². The lowest BCUT2D eigenvalue weighted by atomic mass is 9.44. The summed E-state index contributed by atoms with van der Waals surface area (Å²) in [6, 6.07) is 0. The van der Waals surface area contributed by atoms with Crippen molar-refractivity contribution in [2.45, 2.75) is 124 Å². The smallest absolute Gasteiger partial charge is 0.0579 e. The monoisotopic (exact) mass is 402 g/mol. The maximum absolute atomic E-state index is 11.3. The van der Waals surface area contributed by atoms with E-state index in [-0.39, 0.29) is 6.10 Å². The maximum Gasteiger partial charge on any atom is 0.0579 e. The van der Waals surface area contributed by atoms with Gasteiger partial charge in [-0.05, 0) is 97.2 Å². The zero-order valence-electron chi connectivity index (χ0n) is 20.3. The van der Waals surface area contributed by atoms with Gasteiger partial charge in [-0.1, -0.05) is 73.1 Å². The van der Waals surface area contributed by atoms with Gasteiger partial charge in [0.2, 0.25) is 0 Å². The average molecular weight is 403 g/mol. The molecule has 168 valence electrons. The van der Waals surface area contributed by atoms with Gasteiger partial charge in [-0.3, -0.25) is 0 Å². The van der Waals surface area contributed by atoms with Crippen LogP contribution in [0.2, 0.25) is 0 Å². The molecule has 0 heterocycles. The van der Waals surface area contributed by atoms with Crippen LogP contribution in [0.15, 0.2) is 0 Å². The van der Waals surface area contributed by atoms with E-state index in [1.807, 2.05) is 0 Å². The minimum Gasteiger partial charge on any atom is -0.393 e. The molecule has 0 saturated heterocycles. The molecule has 4 saturated carbocycles. The molecule has 0 amide bonds. The van der Waals surface area contributed by atoms with Crippen LogP contribution in [0, 0.1) is 52.3 Å². The molecule has 29 heavy (non-hydrogen) atoms. The SMILES string of the molecule is CCC(C)CCC[C@@H](C)[C@H]1[C@@H](O)C[C@H]2[C@@H]3CCC4CCCC[C@]4(C)[C@H]3CC[C@]12C. The molecule has 10 atom stereocenters. The van der Waals surface area contributed by atoms with Crippen LogP contribution in [0.1, 0.15) is 118 Å². The Morgan fingerprint density at radius 1 is 0.897 bits per heavy atom. The van der Waals surface area contributed by atoms with Crippen LogP contribution < -0.4 is 0 Å². The number of aliphatic hydroxyl groups is 1. The van der Waals surface area contributed by atoms with Gasteiger partial charge in [0.25, 0.3) is 0 Å². The molecule has 1 heteroatoms. The molecular weight excluding hydrogens is 352 g/mol. The standard InChI is InChI=1S/C28H50O/c1-6-19(2)10-9-11-20(3)26-25(29)18-24-22-14-13-21-12-7-8-16-27(21,4)23(22)15-17-28(24,26)5/h19-26,29H,6-18H2,1-5H3/t19?,20-,21?,22-,23+,24+,25+,26+,27+,28+/m1/s1. The number of hydrogen-bond donors (Lipinski definition) is 1. The number of hydrogen-bond acceptors (Lipinski definition) is 1. The third-order valence-electron chi connectivity index (χ3n) is 11.4. The lowest BCUT2D eigenvalue weighted by Crippen LogP contribution is -2.53. The molecular formula is C28H50O. The minimum atomic E-state index is -0.0424. The van der Waals surface area contributed by atoms with Gasteiger partial charge in [0.05, 0.1) is 6.10 Å². The first kappa shape index (κ1) is 22.2. The first-order valence-corrected chi connectivity index (χ1v) is 13.5. The molecule has 0 spiro atoms. The molecule has 4 aliphatic carbocycles. The second-order valence-corrected chi connectivity index (χ2v) is 12.7. The Morgan fingerprint density at radius 3 is 2.45 bits per heavy atom. The Balaban J connectivity index is 1.48. The van der Waals surface area contributed by atoms with E-state index in [1.54, 1.807) is 0 Å². The maximum atomic E-state index is 11.3. The Hall–Kier alpha value is -0.0400. The van der Waals surface area contributed by atoms with Gasteiger partial charge in [0.1, 0.15) is 0 Å². The van der Waals surface area contributed by atoms with Crippen molar-refractivity contribution in [3.8, 4) is 0 Å². The van der Waals surface area contributed by atoms with Gasteiger partial charge in [-0.2, -0.15) is 0 Å². The Labute approximate surface area is 181 Å². The van der Waals surface area contributed by atoms with Gasteiger partial charge in [-0.15, -0.1) is 0 Å². The van der Waals surface area contributed by atoms with Crippen LogP contribution in [0.25, 0.3) is 0 Å². The first-order chi connectivity index (χ1) is 13.8. The molecule has 0 aromatic carbocycles. The summed E-state index contributed by atoms with van der Waals surface area (Å²) in [5.74, 6) is 5.73. The van der Waals surface area contributed by atoms with E-state index < -0.39 is 0 Å². The Morgan fingerprint density at radius 2 is 1.69 bits per heavy atom.